The molecule has 2 aromatic carbocycles. The van der Waals surface area contributed by atoms with Gasteiger partial charge in [-0.3, -0.25) is 4.79 Å². The Labute approximate surface area is 102 Å². The van der Waals surface area contributed by atoms with Crippen LogP contribution in [-0.4, -0.2) is 5.91 Å². The number of hydrogen-bond acceptors (Lipinski definition) is 3. The Hall–Kier alpha value is -2.62. The molecule has 0 aliphatic heterocycles. The maximum absolute atomic E-state index is 11.8. The smallest absolute Gasteiger partial charge is 0.344 e. The molecule has 0 aliphatic rings. The maximum atomic E-state index is 11.8. The molecule has 4 nitrogen and oxygen atoms in total. The molecule has 0 unspecified atom stereocenters. The monoisotopic (exact) mass is 239 g/mol. The summed E-state index contributed by atoms with van der Waals surface area (Å²) >= 11 is 0. The van der Waals surface area contributed by atoms with E-state index in [1.807, 2.05) is 0 Å². The van der Waals surface area contributed by atoms with Gasteiger partial charge in [-0.05, 0) is 18.2 Å². The molecule has 0 atom stereocenters. The van der Waals surface area contributed by atoms with E-state index in [1.165, 1.54) is 0 Å². The van der Waals surface area contributed by atoms with Gasteiger partial charge in [0, 0.05) is 10.8 Å². The van der Waals surface area contributed by atoms with Gasteiger partial charge in [0.25, 0.3) is 0 Å². The molecule has 0 saturated heterocycles. The highest BCUT2D eigenvalue weighted by Gasteiger charge is 2.13. The first-order valence-corrected chi connectivity index (χ1v) is 5.43. The third-order valence-corrected chi connectivity index (χ3v) is 2.91. The van der Waals surface area contributed by atoms with Gasteiger partial charge < -0.3 is 10.2 Å². The molecule has 1 heterocycles. The Morgan fingerprint density at radius 3 is 2.44 bits per heavy atom. The Bertz CT molecular complexity index is 833. The minimum Gasteiger partial charge on any atom is -0.422 e. The van der Waals surface area contributed by atoms with Crippen molar-refractivity contribution in [3.8, 4) is 0 Å². The van der Waals surface area contributed by atoms with Crippen LogP contribution in [0.1, 0.15) is 10.4 Å². The average Bonchev–Trinajstić information content (AvgIpc) is 2.38. The molecule has 0 saturated carbocycles. The summed E-state index contributed by atoms with van der Waals surface area (Å²) in [7, 11) is 0. The first kappa shape index (κ1) is 10.5. The van der Waals surface area contributed by atoms with Crippen LogP contribution in [0.3, 0.4) is 0 Å². The van der Waals surface area contributed by atoms with Crippen LogP contribution in [0, 0.1) is 0 Å². The largest absolute Gasteiger partial charge is 0.422 e. The Balaban J connectivity index is 2.67. The lowest BCUT2D eigenvalue weighted by atomic mass is 10.0. The number of nitrogens with two attached hydrogens (primary N) is 1. The molecule has 18 heavy (non-hydrogen) atoms. The minimum atomic E-state index is -0.542. The van der Waals surface area contributed by atoms with Gasteiger partial charge in [-0.15, -0.1) is 0 Å². The van der Waals surface area contributed by atoms with E-state index in [1.54, 1.807) is 42.5 Å². The minimum absolute atomic E-state index is 0.354. The van der Waals surface area contributed by atoms with Gasteiger partial charge in [0.2, 0.25) is 5.91 Å². The molecule has 0 bridgehead atoms. The summed E-state index contributed by atoms with van der Waals surface area (Å²) in [6.45, 7) is 0. The normalized spacial score (nSPS) is 10.9. The Morgan fingerprint density at radius 1 is 1.00 bits per heavy atom. The first-order valence-electron chi connectivity index (χ1n) is 5.43. The second-order valence-corrected chi connectivity index (χ2v) is 3.98. The van der Waals surface area contributed by atoms with E-state index in [2.05, 4.69) is 0 Å². The lowest BCUT2D eigenvalue weighted by Crippen LogP contribution is -2.12. The lowest BCUT2D eigenvalue weighted by Gasteiger charge is -2.05. The van der Waals surface area contributed by atoms with E-state index < -0.39 is 11.5 Å². The number of carbonyl (C=O) groups excluding carboxylic acids is 1. The van der Waals surface area contributed by atoms with Gasteiger partial charge in [-0.25, -0.2) is 4.79 Å². The van der Waals surface area contributed by atoms with E-state index in [4.69, 9.17) is 10.2 Å². The van der Waals surface area contributed by atoms with E-state index in [-0.39, 0.29) is 0 Å². The third kappa shape index (κ3) is 1.39. The summed E-state index contributed by atoms with van der Waals surface area (Å²) in [6, 6.07) is 11.9. The van der Waals surface area contributed by atoms with Crippen molar-refractivity contribution < 1.29 is 9.21 Å². The molecule has 88 valence electrons. The molecular weight excluding hydrogens is 230 g/mol. The Morgan fingerprint density at radius 2 is 1.72 bits per heavy atom. The van der Waals surface area contributed by atoms with Gasteiger partial charge >= 0.3 is 5.63 Å². The summed E-state index contributed by atoms with van der Waals surface area (Å²) in [5.74, 6) is -0.542. The first-order chi connectivity index (χ1) is 8.68. The zero-order valence-electron chi connectivity index (χ0n) is 9.34. The summed E-state index contributed by atoms with van der Waals surface area (Å²) in [6.07, 6.45) is 0. The summed E-state index contributed by atoms with van der Waals surface area (Å²) in [5, 5.41) is 1.71. The number of hydrogen-bond donors (Lipinski definition) is 1. The molecule has 2 N–H and O–H groups in total. The van der Waals surface area contributed by atoms with Crippen LogP contribution in [0.2, 0.25) is 0 Å². The molecule has 3 aromatic rings. The van der Waals surface area contributed by atoms with Gasteiger partial charge in [-0.1, -0.05) is 24.3 Å². The van der Waals surface area contributed by atoms with Crippen molar-refractivity contribution >= 4 is 27.6 Å². The highest BCUT2D eigenvalue weighted by molar-refractivity contribution is 6.15. The Kier molecular flexibility index (Phi) is 2.16. The lowest BCUT2D eigenvalue weighted by molar-refractivity contribution is 0.100. The standard InChI is InChI=1S/C14H9NO3/c15-13(16)10-6-3-7-11-12(10)8-4-1-2-5-9(8)14(17)18-11/h1-7H,(H2,15,16). The number of primary amides is 1. The molecule has 0 spiro atoms. The summed E-state index contributed by atoms with van der Waals surface area (Å²) in [5.41, 5.74) is 5.66. The zero-order valence-corrected chi connectivity index (χ0v) is 9.34. The number of rotatable bonds is 1. The van der Waals surface area contributed by atoms with Crippen LogP contribution in [0.5, 0.6) is 0 Å². The molecule has 0 radical (unpaired) electrons. The van der Waals surface area contributed by atoms with Crippen molar-refractivity contribution in [2.24, 2.45) is 5.73 Å². The highest BCUT2D eigenvalue weighted by atomic mass is 16.4. The predicted octanol–water partition coefficient (Wildman–Crippen LogP) is 2.05. The van der Waals surface area contributed by atoms with Crippen LogP contribution in [0.4, 0.5) is 0 Å². The average molecular weight is 239 g/mol. The number of carbonyl (C=O) groups is 1. The van der Waals surface area contributed by atoms with Crippen molar-refractivity contribution in [1.82, 2.24) is 0 Å². The van der Waals surface area contributed by atoms with Gasteiger partial charge in [0.1, 0.15) is 5.58 Å². The van der Waals surface area contributed by atoms with Crippen molar-refractivity contribution in [2.75, 3.05) is 0 Å². The van der Waals surface area contributed by atoms with Crippen LogP contribution in [0.25, 0.3) is 21.7 Å². The number of fused-ring (bicyclic) bond motifs is 3. The van der Waals surface area contributed by atoms with E-state index in [0.29, 0.717) is 27.3 Å². The number of benzene rings is 2. The molecule has 4 heteroatoms. The quantitative estimate of drug-likeness (QED) is 0.521. The van der Waals surface area contributed by atoms with Crippen molar-refractivity contribution in [3.05, 3.63) is 58.4 Å². The van der Waals surface area contributed by atoms with Crippen LogP contribution >= 0.6 is 0 Å². The van der Waals surface area contributed by atoms with E-state index in [9.17, 15) is 9.59 Å². The zero-order chi connectivity index (χ0) is 12.7. The molecule has 0 aliphatic carbocycles. The van der Waals surface area contributed by atoms with Gasteiger partial charge in [-0.2, -0.15) is 0 Å². The molecular formula is C14H9NO3. The van der Waals surface area contributed by atoms with Crippen molar-refractivity contribution in [3.63, 3.8) is 0 Å². The summed E-state index contributed by atoms with van der Waals surface area (Å²) < 4.78 is 5.20. The predicted molar refractivity (Wildman–Crippen MR) is 68.5 cm³/mol. The second kappa shape index (κ2) is 3.70. The molecule has 1 aromatic heterocycles. The van der Waals surface area contributed by atoms with E-state index >= 15 is 0 Å². The fourth-order valence-corrected chi connectivity index (χ4v) is 2.13. The van der Waals surface area contributed by atoms with Crippen molar-refractivity contribution in [1.29, 1.82) is 0 Å². The fraction of sp³-hybridized carbons (Fsp3) is 0. The van der Waals surface area contributed by atoms with E-state index in [0.717, 1.165) is 0 Å². The maximum Gasteiger partial charge on any atom is 0.344 e. The van der Waals surface area contributed by atoms with Gasteiger partial charge in [0.05, 0.1) is 10.9 Å². The van der Waals surface area contributed by atoms with Crippen LogP contribution < -0.4 is 11.4 Å². The molecule has 0 fully saturated rings. The fourth-order valence-electron chi connectivity index (χ4n) is 2.13. The SMILES string of the molecule is NC(=O)c1cccc2oc(=O)c3ccccc3c12. The van der Waals surface area contributed by atoms with Crippen LogP contribution in [-0.2, 0) is 0 Å². The highest BCUT2D eigenvalue weighted by Crippen LogP contribution is 2.25. The second-order valence-electron chi connectivity index (χ2n) is 3.98. The van der Waals surface area contributed by atoms with Gasteiger partial charge in [0.15, 0.2) is 0 Å². The molecule has 3 rings (SSSR count). The topological polar surface area (TPSA) is 73.3 Å². The molecule has 1 amide bonds. The third-order valence-electron chi connectivity index (χ3n) is 2.91. The van der Waals surface area contributed by atoms with Crippen molar-refractivity contribution in [2.45, 2.75) is 0 Å². The number of amides is 1. The summed E-state index contributed by atoms with van der Waals surface area (Å²) in [4.78, 5) is 23.2. The van der Waals surface area contributed by atoms with Crippen LogP contribution in [0.15, 0.2) is 51.7 Å².